The SMILES string of the molecule is O=C(C(Sc1cc(=O)n2ccccc2n1)c1ccccc1)N1CCC(c2ccc(F)cc2)CC1. The molecule has 7 heteroatoms. The van der Waals surface area contributed by atoms with Crippen LogP contribution in [0.3, 0.4) is 0 Å². The van der Waals surface area contributed by atoms with Crippen molar-refractivity contribution < 1.29 is 9.18 Å². The highest BCUT2D eigenvalue weighted by Crippen LogP contribution is 2.37. The number of hydrogen-bond acceptors (Lipinski definition) is 4. The molecule has 34 heavy (non-hydrogen) atoms. The fraction of sp³-hybridized carbons (Fsp3) is 0.222. The Morgan fingerprint density at radius 3 is 2.41 bits per heavy atom. The van der Waals surface area contributed by atoms with Crippen molar-refractivity contribution in [2.45, 2.75) is 29.0 Å². The summed E-state index contributed by atoms with van der Waals surface area (Å²) in [4.78, 5) is 32.8. The molecule has 5 nitrogen and oxygen atoms in total. The lowest BCUT2D eigenvalue weighted by Gasteiger charge is -2.34. The van der Waals surface area contributed by atoms with Crippen molar-refractivity contribution in [1.82, 2.24) is 14.3 Å². The lowest BCUT2D eigenvalue weighted by molar-refractivity contribution is -0.131. The highest BCUT2D eigenvalue weighted by Gasteiger charge is 2.31. The minimum absolute atomic E-state index is 0.0174. The van der Waals surface area contributed by atoms with Gasteiger partial charge in [-0.1, -0.05) is 60.3 Å². The third-order valence-electron chi connectivity index (χ3n) is 6.26. The van der Waals surface area contributed by atoms with Crippen molar-refractivity contribution in [3.63, 3.8) is 0 Å². The van der Waals surface area contributed by atoms with Crippen LogP contribution in [0, 0.1) is 5.82 Å². The molecule has 172 valence electrons. The van der Waals surface area contributed by atoms with Crippen molar-refractivity contribution in [2.75, 3.05) is 13.1 Å². The zero-order chi connectivity index (χ0) is 23.5. The number of hydrogen-bond donors (Lipinski definition) is 0. The number of fused-ring (bicyclic) bond motifs is 1. The van der Waals surface area contributed by atoms with E-state index < -0.39 is 5.25 Å². The standard InChI is InChI=1S/C27H24FN3O2S/c28-22-11-9-19(10-12-22)20-13-16-30(17-14-20)27(33)26(21-6-2-1-3-7-21)34-24-18-25(32)31-15-5-4-8-23(31)29-24/h1-12,15,18,20,26H,13-14,16-17H2. The first-order valence-electron chi connectivity index (χ1n) is 11.3. The Kier molecular flexibility index (Phi) is 6.45. The maximum atomic E-state index is 13.7. The van der Waals surface area contributed by atoms with Gasteiger partial charge in [0.25, 0.3) is 5.56 Å². The lowest BCUT2D eigenvalue weighted by Crippen LogP contribution is -2.40. The third-order valence-corrected chi connectivity index (χ3v) is 7.42. The highest BCUT2D eigenvalue weighted by atomic mass is 32.2. The van der Waals surface area contributed by atoms with Gasteiger partial charge in [0.05, 0.1) is 0 Å². The smallest absolute Gasteiger partial charge is 0.258 e. The van der Waals surface area contributed by atoms with Crippen LogP contribution >= 0.6 is 11.8 Å². The highest BCUT2D eigenvalue weighted by molar-refractivity contribution is 8.00. The topological polar surface area (TPSA) is 54.7 Å². The molecule has 1 fully saturated rings. The maximum absolute atomic E-state index is 13.7. The van der Waals surface area contributed by atoms with Crippen LogP contribution in [0.5, 0.6) is 0 Å². The maximum Gasteiger partial charge on any atom is 0.258 e. The van der Waals surface area contributed by atoms with E-state index in [1.807, 2.05) is 53.4 Å². The molecule has 0 saturated carbocycles. The molecule has 1 amide bonds. The molecule has 5 rings (SSSR count). The molecule has 0 spiro atoms. The van der Waals surface area contributed by atoms with E-state index in [-0.39, 0.29) is 17.3 Å². The van der Waals surface area contributed by atoms with E-state index in [1.165, 1.54) is 34.4 Å². The molecule has 2 aromatic heterocycles. The van der Waals surface area contributed by atoms with Crippen LogP contribution < -0.4 is 5.56 Å². The van der Waals surface area contributed by atoms with Gasteiger partial charge in [0.1, 0.15) is 21.7 Å². The molecule has 1 aliphatic rings. The minimum atomic E-state index is -0.498. The van der Waals surface area contributed by atoms with E-state index in [9.17, 15) is 14.0 Å². The number of likely N-dealkylation sites (tertiary alicyclic amines) is 1. The molecule has 1 saturated heterocycles. The summed E-state index contributed by atoms with van der Waals surface area (Å²) in [6, 6.07) is 23.2. The monoisotopic (exact) mass is 473 g/mol. The van der Waals surface area contributed by atoms with E-state index in [0.29, 0.717) is 29.7 Å². The van der Waals surface area contributed by atoms with Crippen molar-refractivity contribution in [3.05, 3.63) is 112 Å². The molecule has 1 aliphatic heterocycles. The Hall–Kier alpha value is -3.45. The zero-order valence-electron chi connectivity index (χ0n) is 18.5. The Balaban J connectivity index is 1.37. The second-order valence-electron chi connectivity index (χ2n) is 8.42. The quantitative estimate of drug-likeness (QED) is 0.300. The van der Waals surface area contributed by atoms with Gasteiger partial charge >= 0.3 is 0 Å². The number of benzene rings is 2. The molecule has 4 aromatic rings. The van der Waals surface area contributed by atoms with E-state index in [0.717, 1.165) is 24.0 Å². The predicted octanol–water partition coefficient (Wildman–Crippen LogP) is 5.07. The number of halogens is 1. The molecule has 0 radical (unpaired) electrons. The van der Waals surface area contributed by atoms with Gasteiger partial charge in [0.15, 0.2) is 0 Å². The van der Waals surface area contributed by atoms with Crippen LogP contribution in [0.15, 0.2) is 94.9 Å². The first-order chi connectivity index (χ1) is 16.6. The number of piperidine rings is 1. The van der Waals surface area contributed by atoms with Crippen LogP contribution in [-0.4, -0.2) is 33.3 Å². The lowest BCUT2D eigenvalue weighted by atomic mass is 9.89. The summed E-state index contributed by atoms with van der Waals surface area (Å²) in [6.07, 6.45) is 3.35. The van der Waals surface area contributed by atoms with Gasteiger partial charge in [0.2, 0.25) is 5.91 Å². The van der Waals surface area contributed by atoms with Gasteiger partial charge in [-0.3, -0.25) is 14.0 Å². The number of rotatable bonds is 5. The summed E-state index contributed by atoms with van der Waals surface area (Å²) < 4.78 is 14.8. The first-order valence-corrected chi connectivity index (χ1v) is 12.2. The molecular formula is C27H24FN3O2S. The summed E-state index contributed by atoms with van der Waals surface area (Å²) in [5, 5.41) is 0.0289. The van der Waals surface area contributed by atoms with Crippen LogP contribution in [0.2, 0.25) is 0 Å². The van der Waals surface area contributed by atoms with E-state index in [2.05, 4.69) is 4.98 Å². The third kappa shape index (κ3) is 4.75. The summed E-state index contributed by atoms with van der Waals surface area (Å²) >= 11 is 1.31. The van der Waals surface area contributed by atoms with Crippen molar-refractivity contribution in [2.24, 2.45) is 0 Å². The normalized spacial score (nSPS) is 15.4. The number of nitrogens with zero attached hydrogens (tertiary/aromatic N) is 3. The average molecular weight is 474 g/mol. The molecule has 0 N–H and O–H groups in total. The van der Waals surface area contributed by atoms with E-state index in [4.69, 9.17) is 0 Å². The minimum Gasteiger partial charge on any atom is -0.341 e. The summed E-state index contributed by atoms with van der Waals surface area (Å²) in [5.41, 5.74) is 2.38. The van der Waals surface area contributed by atoms with Crippen molar-refractivity contribution in [3.8, 4) is 0 Å². The number of amides is 1. The zero-order valence-corrected chi connectivity index (χ0v) is 19.3. The molecular weight excluding hydrogens is 449 g/mol. The Labute approximate surface area is 201 Å². The van der Waals surface area contributed by atoms with E-state index >= 15 is 0 Å². The van der Waals surface area contributed by atoms with E-state index in [1.54, 1.807) is 18.3 Å². The van der Waals surface area contributed by atoms with Gasteiger partial charge in [-0.15, -0.1) is 0 Å². The molecule has 0 bridgehead atoms. The molecule has 1 unspecified atom stereocenters. The number of aromatic nitrogens is 2. The Bertz CT molecular complexity index is 1350. The van der Waals surface area contributed by atoms with Crippen LogP contribution in [0.1, 0.15) is 35.1 Å². The molecule has 0 aliphatic carbocycles. The number of carbonyl (C=O) groups is 1. The molecule has 2 aromatic carbocycles. The fourth-order valence-corrected chi connectivity index (χ4v) is 5.54. The van der Waals surface area contributed by atoms with Gasteiger partial charge in [-0.05, 0) is 54.2 Å². The van der Waals surface area contributed by atoms with Gasteiger partial charge in [0, 0.05) is 25.4 Å². The predicted molar refractivity (Wildman–Crippen MR) is 131 cm³/mol. The van der Waals surface area contributed by atoms with Crippen LogP contribution in [0.25, 0.3) is 5.65 Å². The molecule has 1 atom stereocenters. The molecule has 3 heterocycles. The number of carbonyl (C=O) groups excluding carboxylic acids is 1. The average Bonchev–Trinajstić information content (AvgIpc) is 2.88. The fourth-order valence-electron chi connectivity index (χ4n) is 4.44. The van der Waals surface area contributed by atoms with Gasteiger partial charge in [-0.25, -0.2) is 9.37 Å². The number of pyridine rings is 1. The van der Waals surface area contributed by atoms with Gasteiger partial charge < -0.3 is 4.90 Å². The first kappa shape index (κ1) is 22.3. The summed E-state index contributed by atoms with van der Waals surface area (Å²) in [7, 11) is 0. The number of thioether (sulfide) groups is 1. The van der Waals surface area contributed by atoms with Crippen LogP contribution in [-0.2, 0) is 4.79 Å². The Morgan fingerprint density at radius 1 is 0.971 bits per heavy atom. The van der Waals surface area contributed by atoms with Gasteiger partial charge in [-0.2, -0.15) is 0 Å². The van der Waals surface area contributed by atoms with Crippen LogP contribution in [0.4, 0.5) is 4.39 Å². The van der Waals surface area contributed by atoms with Crippen molar-refractivity contribution in [1.29, 1.82) is 0 Å². The largest absolute Gasteiger partial charge is 0.341 e. The second-order valence-corrected chi connectivity index (χ2v) is 9.55. The Morgan fingerprint density at radius 2 is 1.68 bits per heavy atom. The summed E-state index contributed by atoms with van der Waals surface area (Å²) in [5.74, 6) is 0.0968. The summed E-state index contributed by atoms with van der Waals surface area (Å²) in [6.45, 7) is 1.27. The second kappa shape index (κ2) is 9.81. The van der Waals surface area contributed by atoms with Crippen molar-refractivity contribution >= 4 is 23.3 Å².